The number of carboxylic acids is 1. The summed E-state index contributed by atoms with van der Waals surface area (Å²) in [6, 6.07) is 7.07. The van der Waals surface area contributed by atoms with Crippen molar-refractivity contribution in [3.63, 3.8) is 0 Å². The average Bonchev–Trinajstić information content (AvgIpc) is 2.42. The summed E-state index contributed by atoms with van der Waals surface area (Å²) in [6.45, 7) is 7.16. The van der Waals surface area contributed by atoms with Crippen LogP contribution in [0.1, 0.15) is 38.7 Å². The van der Waals surface area contributed by atoms with Gasteiger partial charge in [0.1, 0.15) is 0 Å². The Morgan fingerprint density at radius 3 is 2.62 bits per heavy atom. The van der Waals surface area contributed by atoms with E-state index in [1.807, 2.05) is 12.1 Å². The Bertz CT molecular complexity index is 549. The minimum absolute atomic E-state index is 0.00850. The number of carbonyl (C=O) groups is 2. The minimum atomic E-state index is -0.836. The van der Waals surface area contributed by atoms with Gasteiger partial charge in [-0.15, -0.1) is 0 Å². The fourth-order valence-electron chi connectivity index (χ4n) is 2.47. The lowest BCUT2D eigenvalue weighted by Crippen LogP contribution is -2.46. The van der Waals surface area contributed by atoms with Crippen molar-refractivity contribution in [2.24, 2.45) is 5.41 Å². The molecule has 2 amide bonds. The fourth-order valence-corrected chi connectivity index (χ4v) is 2.47. The van der Waals surface area contributed by atoms with E-state index in [1.54, 1.807) is 17.0 Å². The lowest BCUT2D eigenvalue weighted by atomic mass is 9.90. The van der Waals surface area contributed by atoms with Gasteiger partial charge in [0.25, 0.3) is 0 Å². The number of rotatable bonds is 2. The molecular formula is C16H22N2O3. The largest absolute Gasteiger partial charge is 0.481 e. The Morgan fingerprint density at radius 2 is 2.00 bits per heavy atom. The number of benzene rings is 1. The molecule has 1 heterocycles. The second-order valence-electron chi connectivity index (χ2n) is 6.61. The summed E-state index contributed by atoms with van der Waals surface area (Å²) in [4.78, 5) is 25.3. The number of carboxylic acid groups (broad SMARTS) is 1. The predicted octanol–water partition coefficient (Wildman–Crippen LogP) is 2.82. The van der Waals surface area contributed by atoms with Crippen LogP contribution in [-0.2, 0) is 4.79 Å². The molecule has 0 spiro atoms. The van der Waals surface area contributed by atoms with Crippen molar-refractivity contribution in [3.8, 4) is 0 Å². The van der Waals surface area contributed by atoms with E-state index in [1.165, 1.54) is 0 Å². The summed E-state index contributed by atoms with van der Waals surface area (Å²) in [5.41, 5.74) is 1.42. The molecule has 1 atom stereocenters. The summed E-state index contributed by atoms with van der Waals surface area (Å²) in [6.07, 6.45) is 0.440. The Balaban J connectivity index is 2.21. The molecule has 1 aliphatic rings. The van der Waals surface area contributed by atoms with Crippen LogP contribution in [0, 0.1) is 5.41 Å². The molecule has 0 fully saturated rings. The molecule has 114 valence electrons. The molecule has 2 N–H and O–H groups in total. The van der Waals surface area contributed by atoms with Gasteiger partial charge >= 0.3 is 12.0 Å². The number of carbonyl (C=O) groups excluding carboxylic acids is 1. The second-order valence-corrected chi connectivity index (χ2v) is 6.61. The molecule has 1 aromatic rings. The smallest absolute Gasteiger partial charge is 0.321 e. The van der Waals surface area contributed by atoms with Gasteiger partial charge in [0.15, 0.2) is 0 Å². The molecule has 5 nitrogen and oxygen atoms in total. The Hall–Kier alpha value is -2.04. The van der Waals surface area contributed by atoms with E-state index < -0.39 is 11.9 Å². The quantitative estimate of drug-likeness (QED) is 0.880. The van der Waals surface area contributed by atoms with Crippen molar-refractivity contribution >= 4 is 17.7 Å². The number of anilines is 1. The molecule has 1 unspecified atom stereocenters. The van der Waals surface area contributed by atoms with E-state index >= 15 is 0 Å². The average molecular weight is 290 g/mol. The SMILES string of the molecule is CC(C)(C)CNC(=O)N1CCC(C(=O)O)c2ccccc21. The Labute approximate surface area is 125 Å². The minimum Gasteiger partial charge on any atom is -0.481 e. The zero-order chi connectivity index (χ0) is 15.6. The second kappa shape index (κ2) is 5.76. The number of nitrogens with one attached hydrogen (secondary N) is 1. The molecule has 0 aliphatic carbocycles. The van der Waals surface area contributed by atoms with Gasteiger partial charge in [-0.25, -0.2) is 4.79 Å². The Kier molecular flexibility index (Phi) is 4.21. The van der Waals surface area contributed by atoms with Crippen molar-refractivity contribution in [2.45, 2.75) is 33.1 Å². The van der Waals surface area contributed by atoms with E-state index in [9.17, 15) is 14.7 Å². The van der Waals surface area contributed by atoms with Crippen LogP contribution in [0.4, 0.5) is 10.5 Å². The first-order chi connectivity index (χ1) is 9.79. The Morgan fingerprint density at radius 1 is 1.33 bits per heavy atom. The third-order valence-electron chi connectivity index (χ3n) is 3.56. The van der Waals surface area contributed by atoms with Gasteiger partial charge in [0.2, 0.25) is 0 Å². The maximum Gasteiger partial charge on any atom is 0.321 e. The molecule has 21 heavy (non-hydrogen) atoms. The van der Waals surface area contributed by atoms with Gasteiger partial charge in [-0.05, 0) is 23.5 Å². The molecule has 0 aromatic heterocycles. The highest BCUT2D eigenvalue weighted by Crippen LogP contribution is 2.35. The number of para-hydroxylation sites is 1. The van der Waals surface area contributed by atoms with Crippen molar-refractivity contribution in [1.82, 2.24) is 5.32 Å². The maximum atomic E-state index is 12.4. The maximum absolute atomic E-state index is 12.4. The van der Waals surface area contributed by atoms with Crippen LogP contribution in [0.15, 0.2) is 24.3 Å². The van der Waals surface area contributed by atoms with Gasteiger partial charge in [-0.3, -0.25) is 9.69 Å². The highest BCUT2D eigenvalue weighted by molar-refractivity contribution is 5.95. The molecule has 1 aromatic carbocycles. The van der Waals surface area contributed by atoms with Crippen molar-refractivity contribution in [3.05, 3.63) is 29.8 Å². The first-order valence-electron chi connectivity index (χ1n) is 7.17. The first-order valence-corrected chi connectivity index (χ1v) is 7.17. The lowest BCUT2D eigenvalue weighted by Gasteiger charge is -2.33. The van der Waals surface area contributed by atoms with Crippen LogP contribution < -0.4 is 10.2 Å². The predicted molar refractivity (Wildman–Crippen MR) is 81.6 cm³/mol. The zero-order valence-corrected chi connectivity index (χ0v) is 12.7. The molecule has 2 rings (SSSR count). The van der Waals surface area contributed by atoms with E-state index in [0.717, 1.165) is 0 Å². The molecule has 0 radical (unpaired) electrons. The monoisotopic (exact) mass is 290 g/mol. The summed E-state index contributed by atoms with van der Waals surface area (Å²) in [5, 5.41) is 12.2. The van der Waals surface area contributed by atoms with Crippen LogP contribution in [0.3, 0.4) is 0 Å². The van der Waals surface area contributed by atoms with E-state index in [2.05, 4.69) is 26.1 Å². The first kappa shape index (κ1) is 15.4. The fraction of sp³-hybridized carbons (Fsp3) is 0.500. The topological polar surface area (TPSA) is 69.6 Å². The summed E-state index contributed by atoms with van der Waals surface area (Å²) in [5.74, 6) is -1.37. The highest BCUT2D eigenvalue weighted by atomic mass is 16.4. The van der Waals surface area contributed by atoms with Crippen LogP contribution in [0.25, 0.3) is 0 Å². The van der Waals surface area contributed by atoms with Crippen molar-refractivity contribution < 1.29 is 14.7 Å². The van der Waals surface area contributed by atoms with Crippen molar-refractivity contribution in [2.75, 3.05) is 18.0 Å². The number of hydrogen-bond acceptors (Lipinski definition) is 2. The number of urea groups is 1. The normalized spacial score (nSPS) is 18.0. The van der Waals surface area contributed by atoms with Gasteiger partial charge in [0.05, 0.1) is 5.92 Å². The third kappa shape index (κ3) is 3.54. The molecule has 1 aliphatic heterocycles. The van der Waals surface area contributed by atoms with E-state index in [4.69, 9.17) is 0 Å². The van der Waals surface area contributed by atoms with Crippen LogP contribution >= 0.6 is 0 Å². The molecule has 0 saturated heterocycles. The summed E-state index contributed by atoms with van der Waals surface area (Å²) < 4.78 is 0. The van der Waals surface area contributed by atoms with Gasteiger partial charge in [-0.1, -0.05) is 39.0 Å². The van der Waals surface area contributed by atoms with Crippen LogP contribution in [0.5, 0.6) is 0 Å². The number of aliphatic carboxylic acids is 1. The molecule has 5 heteroatoms. The van der Waals surface area contributed by atoms with Crippen LogP contribution in [0.2, 0.25) is 0 Å². The van der Waals surface area contributed by atoms with Gasteiger partial charge in [-0.2, -0.15) is 0 Å². The third-order valence-corrected chi connectivity index (χ3v) is 3.56. The molecule has 0 bridgehead atoms. The number of amides is 2. The van der Waals surface area contributed by atoms with E-state index in [-0.39, 0.29) is 11.4 Å². The lowest BCUT2D eigenvalue weighted by molar-refractivity contribution is -0.139. The summed E-state index contributed by atoms with van der Waals surface area (Å²) >= 11 is 0. The zero-order valence-electron chi connectivity index (χ0n) is 12.7. The molecular weight excluding hydrogens is 268 g/mol. The van der Waals surface area contributed by atoms with Gasteiger partial charge < -0.3 is 10.4 Å². The number of fused-ring (bicyclic) bond motifs is 1. The van der Waals surface area contributed by atoms with Gasteiger partial charge in [0, 0.05) is 18.8 Å². The van der Waals surface area contributed by atoms with Crippen LogP contribution in [-0.4, -0.2) is 30.2 Å². The standard InChI is InChI=1S/C16H22N2O3/c1-16(2,3)10-17-15(21)18-9-8-12(14(19)20)11-6-4-5-7-13(11)18/h4-7,12H,8-10H2,1-3H3,(H,17,21)(H,19,20). The molecule has 0 saturated carbocycles. The highest BCUT2D eigenvalue weighted by Gasteiger charge is 2.32. The number of nitrogens with zero attached hydrogens (tertiary/aromatic N) is 1. The van der Waals surface area contributed by atoms with E-state index in [0.29, 0.717) is 30.8 Å². The van der Waals surface area contributed by atoms with Crippen molar-refractivity contribution in [1.29, 1.82) is 0 Å². The number of hydrogen-bond donors (Lipinski definition) is 2. The summed E-state index contributed by atoms with van der Waals surface area (Å²) in [7, 11) is 0.